The van der Waals surface area contributed by atoms with Gasteiger partial charge in [-0.05, 0) is 87.4 Å². The molecule has 12 atom stereocenters. The molecule has 2 fully saturated rings. The van der Waals surface area contributed by atoms with E-state index in [1.165, 1.54) is 0 Å². The maximum atomic E-state index is 11.8. The normalized spacial score (nSPS) is 36.2. The first-order chi connectivity index (χ1) is 17.7. The molecule has 2 rings (SSSR count). The van der Waals surface area contributed by atoms with Gasteiger partial charge in [0.05, 0.1) is 37.1 Å². The monoisotopic (exact) mass is 542 g/mol. The summed E-state index contributed by atoms with van der Waals surface area (Å²) < 4.78 is 12.1. The van der Waals surface area contributed by atoms with Gasteiger partial charge in [0.15, 0.2) is 5.79 Å². The summed E-state index contributed by atoms with van der Waals surface area (Å²) in [7, 11) is 0. The van der Waals surface area contributed by atoms with E-state index in [2.05, 4.69) is 34.6 Å². The van der Waals surface area contributed by atoms with Crippen LogP contribution in [0.2, 0.25) is 0 Å². The Hall–Kier alpha value is -0.240. The predicted octanol–water partition coefficient (Wildman–Crippen LogP) is 5.93. The molecule has 6 unspecified atom stereocenters. The van der Waals surface area contributed by atoms with Gasteiger partial charge < -0.3 is 29.9 Å². The van der Waals surface area contributed by atoms with Gasteiger partial charge in [-0.3, -0.25) is 0 Å². The number of rotatable bonds is 15. The lowest BCUT2D eigenvalue weighted by molar-refractivity contribution is -0.209. The molecule has 226 valence electrons. The molecule has 0 aliphatic heterocycles. The minimum absolute atomic E-state index is 0.0960. The minimum Gasteiger partial charge on any atom is -0.390 e. The van der Waals surface area contributed by atoms with Crippen LogP contribution in [0.25, 0.3) is 0 Å². The average Bonchev–Trinajstić information content (AvgIpc) is 2.85. The van der Waals surface area contributed by atoms with Crippen molar-refractivity contribution in [2.75, 3.05) is 13.2 Å². The third-order valence-corrected chi connectivity index (χ3v) is 10.0. The highest BCUT2D eigenvalue weighted by Gasteiger charge is 2.48. The Morgan fingerprint density at radius 2 is 1.55 bits per heavy atom. The van der Waals surface area contributed by atoms with Crippen molar-refractivity contribution in [3.8, 4) is 0 Å². The summed E-state index contributed by atoms with van der Waals surface area (Å²) in [6, 6.07) is 0. The van der Waals surface area contributed by atoms with E-state index in [0.717, 1.165) is 51.4 Å². The predicted molar refractivity (Wildman–Crippen MR) is 154 cm³/mol. The second-order valence-corrected chi connectivity index (χ2v) is 13.8. The molecular weight excluding hydrogens is 480 g/mol. The van der Waals surface area contributed by atoms with Gasteiger partial charge in [0, 0.05) is 6.42 Å². The molecule has 0 aromatic heterocycles. The average molecular weight is 543 g/mol. The topological polar surface area (TPSA) is 99.4 Å². The van der Waals surface area contributed by atoms with Crippen molar-refractivity contribution < 1.29 is 29.9 Å². The third-order valence-electron chi connectivity index (χ3n) is 10.0. The van der Waals surface area contributed by atoms with Crippen molar-refractivity contribution in [2.24, 2.45) is 41.4 Å². The summed E-state index contributed by atoms with van der Waals surface area (Å²) in [5.41, 5.74) is -0.996. The van der Waals surface area contributed by atoms with Crippen LogP contribution in [-0.2, 0) is 9.47 Å². The van der Waals surface area contributed by atoms with E-state index in [4.69, 9.17) is 9.47 Å². The van der Waals surface area contributed by atoms with Crippen molar-refractivity contribution >= 4 is 0 Å². The highest BCUT2D eigenvalue weighted by Crippen LogP contribution is 2.45. The van der Waals surface area contributed by atoms with E-state index in [0.29, 0.717) is 31.3 Å². The van der Waals surface area contributed by atoms with Crippen LogP contribution in [0.15, 0.2) is 0 Å². The van der Waals surface area contributed by atoms with E-state index in [-0.39, 0.29) is 42.3 Å². The van der Waals surface area contributed by atoms with Crippen LogP contribution in [-0.4, -0.2) is 63.3 Å². The molecule has 0 spiro atoms. The first-order valence-corrected chi connectivity index (χ1v) is 15.8. The molecule has 0 amide bonds. The number of hydrogen-bond acceptors (Lipinski definition) is 6. The fourth-order valence-electron chi connectivity index (χ4n) is 7.63. The van der Waals surface area contributed by atoms with Gasteiger partial charge in [-0.25, -0.2) is 0 Å². The summed E-state index contributed by atoms with van der Waals surface area (Å²) in [4.78, 5) is 0. The zero-order valence-corrected chi connectivity index (χ0v) is 25.9. The first-order valence-electron chi connectivity index (χ1n) is 15.8. The highest BCUT2D eigenvalue weighted by atomic mass is 16.6. The fourth-order valence-corrected chi connectivity index (χ4v) is 7.63. The first kappa shape index (κ1) is 34.0. The second kappa shape index (κ2) is 15.1. The lowest BCUT2D eigenvalue weighted by atomic mass is 9.63. The molecule has 0 bridgehead atoms. The molecule has 38 heavy (non-hydrogen) atoms. The zero-order valence-electron chi connectivity index (χ0n) is 25.9. The molecule has 6 heteroatoms. The summed E-state index contributed by atoms with van der Waals surface area (Å²) in [5.74, 6) is -0.186. The van der Waals surface area contributed by atoms with Crippen molar-refractivity contribution in [1.82, 2.24) is 0 Å². The molecule has 2 saturated carbocycles. The molecule has 0 saturated heterocycles. The Labute approximate surface area is 233 Å². The van der Waals surface area contributed by atoms with Crippen molar-refractivity contribution in [1.29, 1.82) is 0 Å². The molecule has 6 nitrogen and oxygen atoms in total. The lowest BCUT2D eigenvalue weighted by Gasteiger charge is -2.48. The van der Waals surface area contributed by atoms with Crippen LogP contribution >= 0.6 is 0 Å². The van der Waals surface area contributed by atoms with Gasteiger partial charge in [0.25, 0.3) is 0 Å². The molecule has 2 aliphatic carbocycles. The summed E-state index contributed by atoms with van der Waals surface area (Å²) in [6.07, 6.45) is 7.33. The van der Waals surface area contributed by atoms with Crippen LogP contribution in [0.4, 0.5) is 0 Å². The standard InChI is InChI=1S/C32H62O6/c1-9-11-23(5)37-20-32(36)18-22(4)13-15-28(32)25(7)30(34)29(33)24(6)27-14-12-21(3)17-26(27)19-38-31(8,35)16-10-2/h21-30,33-36H,9-20H2,1-8H3/t21-,22-,23?,24?,25?,26?,27+,28+,29?,30?,31+,32+/m1/s1. The molecular formula is C32H62O6. The van der Waals surface area contributed by atoms with Gasteiger partial charge >= 0.3 is 0 Å². The number of aliphatic hydroxyl groups excluding tert-OH is 2. The maximum absolute atomic E-state index is 11.8. The molecule has 0 heterocycles. The lowest BCUT2D eigenvalue weighted by Crippen LogP contribution is -2.54. The summed E-state index contributed by atoms with van der Waals surface area (Å²) in [6.45, 7) is 17.2. The molecule has 0 radical (unpaired) electrons. The maximum Gasteiger partial charge on any atom is 0.162 e. The SMILES string of the molecule is CCCC(C)OC[C@@]1(O)C[C@H](C)CC[C@H]1C(C)C(O)C(O)C(C)[C@@H]1CC[C@@H](C)CC1CO[C@](C)(O)CCC. The fraction of sp³-hybridized carbons (Fsp3) is 1.00. The summed E-state index contributed by atoms with van der Waals surface area (Å²) >= 11 is 0. The highest BCUT2D eigenvalue weighted by molar-refractivity contribution is 4.98. The van der Waals surface area contributed by atoms with Crippen molar-refractivity contribution in [3.63, 3.8) is 0 Å². The number of aliphatic hydroxyl groups is 4. The van der Waals surface area contributed by atoms with Gasteiger partial charge in [0.1, 0.15) is 0 Å². The largest absolute Gasteiger partial charge is 0.390 e. The summed E-state index contributed by atoms with van der Waals surface area (Å²) in [5, 5.41) is 45.4. The van der Waals surface area contributed by atoms with Crippen LogP contribution in [0, 0.1) is 41.4 Å². The Bertz CT molecular complexity index is 670. The molecule has 0 aromatic rings. The van der Waals surface area contributed by atoms with Gasteiger partial charge in [-0.2, -0.15) is 0 Å². The second-order valence-electron chi connectivity index (χ2n) is 13.8. The van der Waals surface area contributed by atoms with Crippen LogP contribution in [0.3, 0.4) is 0 Å². The molecule has 0 aromatic carbocycles. The van der Waals surface area contributed by atoms with E-state index < -0.39 is 23.6 Å². The smallest absolute Gasteiger partial charge is 0.162 e. The van der Waals surface area contributed by atoms with E-state index in [1.54, 1.807) is 6.92 Å². The molecule has 4 N–H and O–H groups in total. The van der Waals surface area contributed by atoms with E-state index in [1.807, 2.05) is 13.8 Å². The van der Waals surface area contributed by atoms with Crippen molar-refractivity contribution in [2.45, 2.75) is 149 Å². The Kier molecular flexibility index (Phi) is 13.5. The van der Waals surface area contributed by atoms with Gasteiger partial charge in [-0.15, -0.1) is 0 Å². The van der Waals surface area contributed by atoms with Crippen LogP contribution in [0.5, 0.6) is 0 Å². The molecule has 2 aliphatic rings. The van der Waals surface area contributed by atoms with Crippen LogP contribution < -0.4 is 0 Å². The van der Waals surface area contributed by atoms with Gasteiger partial charge in [-0.1, -0.05) is 67.2 Å². The van der Waals surface area contributed by atoms with Gasteiger partial charge in [0.2, 0.25) is 0 Å². The van der Waals surface area contributed by atoms with E-state index in [9.17, 15) is 20.4 Å². The Balaban J connectivity index is 2.11. The zero-order chi connectivity index (χ0) is 28.7. The number of ether oxygens (including phenoxy) is 2. The quantitative estimate of drug-likeness (QED) is 0.191. The minimum atomic E-state index is -1.13. The third kappa shape index (κ3) is 9.41. The Morgan fingerprint density at radius 3 is 2.18 bits per heavy atom. The van der Waals surface area contributed by atoms with Crippen molar-refractivity contribution in [3.05, 3.63) is 0 Å². The van der Waals surface area contributed by atoms with E-state index >= 15 is 0 Å². The van der Waals surface area contributed by atoms with Crippen LogP contribution in [0.1, 0.15) is 120 Å². The Morgan fingerprint density at radius 1 is 0.921 bits per heavy atom. The number of hydrogen-bond donors (Lipinski definition) is 4.